The van der Waals surface area contributed by atoms with E-state index in [2.05, 4.69) is 0 Å². The Labute approximate surface area is 126 Å². The van der Waals surface area contributed by atoms with E-state index in [1.165, 1.54) is 4.31 Å². The van der Waals surface area contributed by atoms with E-state index in [-0.39, 0.29) is 17.4 Å². The SMILES string of the molecule is Cc1oc(C)c(S(=O)(=O)N(C)CC2CCCOC2)c1CN. The Balaban J connectivity index is 2.24. The van der Waals surface area contributed by atoms with E-state index in [4.69, 9.17) is 14.9 Å². The van der Waals surface area contributed by atoms with Gasteiger partial charge in [-0.3, -0.25) is 0 Å². The van der Waals surface area contributed by atoms with Gasteiger partial charge in [0.15, 0.2) is 0 Å². The minimum absolute atomic E-state index is 0.151. The van der Waals surface area contributed by atoms with Gasteiger partial charge in [-0.2, -0.15) is 0 Å². The lowest BCUT2D eigenvalue weighted by molar-refractivity contribution is 0.0495. The van der Waals surface area contributed by atoms with E-state index in [0.717, 1.165) is 19.4 Å². The summed E-state index contributed by atoms with van der Waals surface area (Å²) in [4.78, 5) is 0.224. The molecule has 1 fully saturated rings. The molecule has 2 rings (SSSR count). The van der Waals surface area contributed by atoms with Gasteiger partial charge in [0, 0.05) is 32.3 Å². The maximum atomic E-state index is 12.8. The van der Waals surface area contributed by atoms with Crippen molar-refractivity contribution in [3.63, 3.8) is 0 Å². The van der Waals surface area contributed by atoms with Crippen LogP contribution < -0.4 is 5.73 Å². The van der Waals surface area contributed by atoms with Crippen LogP contribution in [-0.4, -0.2) is 39.5 Å². The Kier molecular flexibility index (Phi) is 5.08. The first-order valence-electron chi connectivity index (χ1n) is 7.21. The Bertz CT molecular complexity index is 588. The molecule has 0 bridgehead atoms. The van der Waals surface area contributed by atoms with Crippen LogP contribution in [0.2, 0.25) is 0 Å². The van der Waals surface area contributed by atoms with Gasteiger partial charge in [-0.05, 0) is 32.6 Å². The first-order valence-corrected chi connectivity index (χ1v) is 8.65. The van der Waals surface area contributed by atoms with E-state index >= 15 is 0 Å². The summed E-state index contributed by atoms with van der Waals surface area (Å²) in [5.74, 6) is 1.22. The summed E-state index contributed by atoms with van der Waals surface area (Å²) >= 11 is 0. The topological polar surface area (TPSA) is 85.8 Å². The molecule has 0 aliphatic carbocycles. The second kappa shape index (κ2) is 6.48. The van der Waals surface area contributed by atoms with E-state index < -0.39 is 10.0 Å². The molecule has 1 aromatic heterocycles. The summed E-state index contributed by atoms with van der Waals surface area (Å²) < 4.78 is 37.8. The highest BCUT2D eigenvalue weighted by atomic mass is 32.2. The van der Waals surface area contributed by atoms with Gasteiger partial charge in [0.25, 0.3) is 0 Å². The van der Waals surface area contributed by atoms with Crippen molar-refractivity contribution in [3.8, 4) is 0 Å². The van der Waals surface area contributed by atoms with Gasteiger partial charge in [-0.1, -0.05) is 0 Å². The summed E-state index contributed by atoms with van der Waals surface area (Å²) in [6.45, 7) is 5.39. The Hall–Kier alpha value is -0.890. The van der Waals surface area contributed by atoms with Crippen molar-refractivity contribution in [2.75, 3.05) is 26.8 Å². The summed E-state index contributed by atoms with van der Waals surface area (Å²) in [5, 5.41) is 0. The van der Waals surface area contributed by atoms with Crippen LogP contribution >= 0.6 is 0 Å². The van der Waals surface area contributed by atoms with Crippen LogP contribution in [0.5, 0.6) is 0 Å². The molecule has 1 unspecified atom stereocenters. The number of hydrogen-bond acceptors (Lipinski definition) is 5. The average Bonchev–Trinajstić information content (AvgIpc) is 2.74. The first-order chi connectivity index (χ1) is 9.87. The van der Waals surface area contributed by atoms with E-state index in [9.17, 15) is 8.42 Å². The summed E-state index contributed by atoms with van der Waals surface area (Å²) in [5.41, 5.74) is 6.25. The van der Waals surface area contributed by atoms with Crippen molar-refractivity contribution in [1.29, 1.82) is 0 Å². The molecule has 1 aliphatic rings. The minimum atomic E-state index is -3.59. The third kappa shape index (κ3) is 3.31. The highest BCUT2D eigenvalue weighted by Gasteiger charge is 2.31. The van der Waals surface area contributed by atoms with Gasteiger partial charge >= 0.3 is 0 Å². The molecule has 7 heteroatoms. The molecule has 1 aromatic rings. The number of sulfonamides is 1. The molecule has 120 valence electrons. The van der Waals surface area contributed by atoms with Crippen molar-refractivity contribution in [1.82, 2.24) is 4.31 Å². The molecule has 21 heavy (non-hydrogen) atoms. The van der Waals surface area contributed by atoms with Crippen LogP contribution in [0.1, 0.15) is 29.9 Å². The zero-order valence-corrected chi connectivity index (χ0v) is 13.7. The maximum absolute atomic E-state index is 12.8. The van der Waals surface area contributed by atoms with E-state index in [1.54, 1.807) is 20.9 Å². The van der Waals surface area contributed by atoms with Gasteiger partial charge in [0.2, 0.25) is 10.0 Å². The third-order valence-corrected chi connectivity index (χ3v) is 5.99. The number of nitrogens with zero attached hydrogens (tertiary/aromatic N) is 1. The molecule has 1 saturated heterocycles. The van der Waals surface area contributed by atoms with Crippen molar-refractivity contribution in [2.45, 2.75) is 38.1 Å². The zero-order chi connectivity index (χ0) is 15.6. The number of nitrogens with two attached hydrogens (primary N) is 1. The van der Waals surface area contributed by atoms with Crippen molar-refractivity contribution in [2.24, 2.45) is 11.7 Å². The zero-order valence-electron chi connectivity index (χ0n) is 12.9. The smallest absolute Gasteiger partial charge is 0.246 e. The van der Waals surface area contributed by atoms with Gasteiger partial charge in [0.1, 0.15) is 16.4 Å². The summed E-state index contributed by atoms with van der Waals surface area (Å²) in [7, 11) is -1.98. The van der Waals surface area contributed by atoms with Crippen molar-refractivity contribution in [3.05, 3.63) is 17.1 Å². The van der Waals surface area contributed by atoms with Gasteiger partial charge in [0.05, 0.1) is 6.61 Å². The van der Waals surface area contributed by atoms with Crippen molar-refractivity contribution < 1.29 is 17.6 Å². The third-order valence-electron chi connectivity index (χ3n) is 3.97. The Morgan fingerprint density at radius 3 is 2.62 bits per heavy atom. The molecule has 0 aromatic carbocycles. The minimum Gasteiger partial charge on any atom is -0.465 e. The molecule has 1 aliphatic heterocycles. The van der Waals surface area contributed by atoms with E-state index in [0.29, 0.717) is 30.2 Å². The normalized spacial score (nSPS) is 20.1. The van der Waals surface area contributed by atoms with Crippen LogP contribution in [0.25, 0.3) is 0 Å². The number of aryl methyl sites for hydroxylation is 2. The van der Waals surface area contributed by atoms with Crippen LogP contribution in [0, 0.1) is 19.8 Å². The lowest BCUT2D eigenvalue weighted by atomic mass is 10.0. The highest BCUT2D eigenvalue weighted by Crippen LogP contribution is 2.29. The second-order valence-corrected chi connectivity index (χ2v) is 7.58. The predicted octanol–water partition coefficient (Wildman–Crippen LogP) is 1.40. The fraction of sp³-hybridized carbons (Fsp3) is 0.714. The average molecular weight is 316 g/mol. The molecule has 0 radical (unpaired) electrons. The maximum Gasteiger partial charge on any atom is 0.246 e. The van der Waals surface area contributed by atoms with Gasteiger partial charge < -0.3 is 14.9 Å². The van der Waals surface area contributed by atoms with Crippen LogP contribution in [0.4, 0.5) is 0 Å². The Morgan fingerprint density at radius 1 is 1.33 bits per heavy atom. The molecule has 2 heterocycles. The van der Waals surface area contributed by atoms with Crippen LogP contribution in [0.15, 0.2) is 9.31 Å². The molecule has 1 atom stereocenters. The molecular formula is C14H24N2O4S. The monoisotopic (exact) mass is 316 g/mol. The highest BCUT2D eigenvalue weighted by molar-refractivity contribution is 7.89. The lowest BCUT2D eigenvalue weighted by Crippen LogP contribution is -2.35. The largest absolute Gasteiger partial charge is 0.465 e. The lowest BCUT2D eigenvalue weighted by Gasteiger charge is -2.26. The summed E-state index contributed by atoms with van der Waals surface area (Å²) in [6.07, 6.45) is 1.98. The van der Waals surface area contributed by atoms with Crippen LogP contribution in [-0.2, 0) is 21.3 Å². The number of rotatable bonds is 5. The molecular weight excluding hydrogens is 292 g/mol. The number of furan rings is 1. The van der Waals surface area contributed by atoms with E-state index in [1.807, 2.05) is 0 Å². The van der Waals surface area contributed by atoms with Gasteiger partial charge in [-0.25, -0.2) is 12.7 Å². The molecule has 6 nitrogen and oxygen atoms in total. The number of hydrogen-bond donors (Lipinski definition) is 1. The predicted molar refractivity (Wildman–Crippen MR) is 79.4 cm³/mol. The molecule has 0 spiro atoms. The first kappa shape index (κ1) is 16.5. The molecule has 2 N–H and O–H groups in total. The number of ether oxygens (including phenoxy) is 1. The second-order valence-electron chi connectivity index (χ2n) is 5.59. The van der Waals surface area contributed by atoms with Crippen molar-refractivity contribution >= 4 is 10.0 Å². The fourth-order valence-corrected chi connectivity index (χ4v) is 4.51. The van der Waals surface area contributed by atoms with Crippen LogP contribution in [0.3, 0.4) is 0 Å². The standard InChI is InChI=1S/C14H24N2O4S/c1-10-13(7-15)14(11(2)20-10)21(17,18)16(3)8-12-5-4-6-19-9-12/h12H,4-9,15H2,1-3H3. The van der Waals surface area contributed by atoms with Gasteiger partial charge in [-0.15, -0.1) is 0 Å². The quantitative estimate of drug-likeness (QED) is 0.887. The molecule has 0 saturated carbocycles. The Morgan fingerprint density at radius 2 is 2.05 bits per heavy atom. The fourth-order valence-electron chi connectivity index (χ4n) is 2.85. The summed E-state index contributed by atoms with van der Waals surface area (Å²) in [6, 6.07) is 0. The molecule has 0 amide bonds.